The SMILES string of the molecule is CCCC[C@H](N)C(=O)NCCC(=O)NC(C)CC. The van der Waals surface area contributed by atoms with Crippen molar-refractivity contribution in [3.63, 3.8) is 0 Å². The summed E-state index contributed by atoms with van der Waals surface area (Å²) in [6, 6.07) is -0.275. The van der Waals surface area contributed by atoms with Crippen molar-refractivity contribution in [3.8, 4) is 0 Å². The Morgan fingerprint density at radius 3 is 2.50 bits per heavy atom. The van der Waals surface area contributed by atoms with Crippen molar-refractivity contribution in [1.82, 2.24) is 10.6 Å². The van der Waals surface area contributed by atoms with E-state index in [9.17, 15) is 9.59 Å². The lowest BCUT2D eigenvalue weighted by Gasteiger charge is -2.13. The molecule has 0 aliphatic carbocycles. The molecule has 0 aliphatic heterocycles. The fraction of sp³-hybridized carbons (Fsp3) is 0.846. The van der Waals surface area contributed by atoms with E-state index in [0.29, 0.717) is 19.4 Å². The summed E-state index contributed by atoms with van der Waals surface area (Å²) in [7, 11) is 0. The number of unbranched alkanes of at least 4 members (excludes halogenated alkanes) is 1. The number of nitrogens with one attached hydrogen (secondary N) is 2. The second-order valence-corrected chi connectivity index (χ2v) is 4.67. The number of hydrogen-bond acceptors (Lipinski definition) is 3. The van der Waals surface area contributed by atoms with E-state index < -0.39 is 6.04 Å². The Morgan fingerprint density at radius 1 is 1.28 bits per heavy atom. The normalized spacial score (nSPS) is 13.8. The van der Waals surface area contributed by atoms with E-state index in [0.717, 1.165) is 19.3 Å². The van der Waals surface area contributed by atoms with E-state index >= 15 is 0 Å². The molecule has 5 heteroatoms. The van der Waals surface area contributed by atoms with Gasteiger partial charge < -0.3 is 16.4 Å². The molecule has 0 aliphatic rings. The van der Waals surface area contributed by atoms with Gasteiger partial charge in [-0.15, -0.1) is 0 Å². The van der Waals surface area contributed by atoms with Crippen LogP contribution < -0.4 is 16.4 Å². The Labute approximate surface area is 110 Å². The first kappa shape index (κ1) is 16.9. The van der Waals surface area contributed by atoms with E-state index in [1.807, 2.05) is 13.8 Å². The minimum atomic E-state index is -0.456. The monoisotopic (exact) mass is 257 g/mol. The van der Waals surface area contributed by atoms with Gasteiger partial charge in [0.15, 0.2) is 0 Å². The third kappa shape index (κ3) is 8.06. The van der Waals surface area contributed by atoms with Crippen LogP contribution >= 0.6 is 0 Å². The summed E-state index contributed by atoms with van der Waals surface area (Å²) in [6.45, 7) is 6.38. The minimum Gasteiger partial charge on any atom is -0.354 e. The van der Waals surface area contributed by atoms with E-state index in [-0.39, 0.29) is 17.9 Å². The zero-order chi connectivity index (χ0) is 14.0. The van der Waals surface area contributed by atoms with Crippen LogP contribution in [0, 0.1) is 0 Å². The number of amides is 2. The van der Waals surface area contributed by atoms with E-state index in [1.165, 1.54) is 0 Å². The van der Waals surface area contributed by atoms with E-state index in [1.54, 1.807) is 0 Å². The molecule has 0 saturated carbocycles. The summed E-state index contributed by atoms with van der Waals surface area (Å²) in [4.78, 5) is 23.0. The minimum absolute atomic E-state index is 0.0354. The predicted octanol–water partition coefficient (Wildman–Crippen LogP) is 0.925. The van der Waals surface area contributed by atoms with Crippen LogP contribution in [-0.4, -0.2) is 30.4 Å². The highest BCUT2D eigenvalue weighted by Crippen LogP contribution is 1.98. The Balaban J connectivity index is 3.70. The van der Waals surface area contributed by atoms with Gasteiger partial charge >= 0.3 is 0 Å². The molecule has 5 nitrogen and oxygen atoms in total. The van der Waals surface area contributed by atoms with Gasteiger partial charge in [-0.1, -0.05) is 26.7 Å². The van der Waals surface area contributed by atoms with Crippen LogP contribution in [0.15, 0.2) is 0 Å². The lowest BCUT2D eigenvalue weighted by atomic mass is 10.1. The summed E-state index contributed by atoms with van der Waals surface area (Å²) in [5.41, 5.74) is 5.71. The average molecular weight is 257 g/mol. The molecular formula is C13H27N3O2. The molecule has 2 amide bonds. The summed E-state index contributed by atoms with van der Waals surface area (Å²) in [6.07, 6.45) is 3.87. The Morgan fingerprint density at radius 2 is 1.94 bits per heavy atom. The van der Waals surface area contributed by atoms with Crippen LogP contribution in [0.2, 0.25) is 0 Å². The lowest BCUT2D eigenvalue weighted by molar-refractivity contribution is -0.123. The maximum absolute atomic E-state index is 11.5. The number of nitrogens with two attached hydrogens (primary N) is 1. The molecule has 0 aromatic carbocycles. The first-order valence-electron chi connectivity index (χ1n) is 6.83. The summed E-state index contributed by atoms with van der Waals surface area (Å²) in [5.74, 6) is -0.202. The second-order valence-electron chi connectivity index (χ2n) is 4.67. The van der Waals surface area contributed by atoms with Crippen LogP contribution in [0.25, 0.3) is 0 Å². The van der Waals surface area contributed by atoms with Gasteiger partial charge in [0.2, 0.25) is 11.8 Å². The molecule has 0 bridgehead atoms. The maximum atomic E-state index is 11.5. The molecule has 0 saturated heterocycles. The molecule has 0 spiro atoms. The van der Waals surface area contributed by atoms with Gasteiger partial charge in [-0.05, 0) is 19.8 Å². The first-order valence-corrected chi connectivity index (χ1v) is 6.83. The molecule has 0 aromatic heterocycles. The molecule has 106 valence electrons. The van der Waals surface area contributed by atoms with Gasteiger partial charge in [-0.3, -0.25) is 9.59 Å². The van der Waals surface area contributed by atoms with Crippen molar-refractivity contribution in [2.24, 2.45) is 5.73 Å². The molecule has 0 radical (unpaired) electrons. The largest absolute Gasteiger partial charge is 0.354 e. The van der Waals surface area contributed by atoms with Crippen molar-refractivity contribution >= 4 is 11.8 Å². The molecule has 2 atom stereocenters. The Bertz CT molecular complexity index is 257. The summed E-state index contributed by atoms with van der Waals surface area (Å²) >= 11 is 0. The number of rotatable bonds is 9. The summed E-state index contributed by atoms with van der Waals surface area (Å²) < 4.78 is 0. The van der Waals surface area contributed by atoms with Gasteiger partial charge in [-0.25, -0.2) is 0 Å². The average Bonchev–Trinajstić information content (AvgIpc) is 2.35. The fourth-order valence-electron chi connectivity index (χ4n) is 1.43. The van der Waals surface area contributed by atoms with Crippen LogP contribution in [0.1, 0.15) is 52.9 Å². The topological polar surface area (TPSA) is 84.2 Å². The van der Waals surface area contributed by atoms with Gasteiger partial charge in [-0.2, -0.15) is 0 Å². The van der Waals surface area contributed by atoms with Crippen molar-refractivity contribution < 1.29 is 9.59 Å². The Kier molecular flexibility index (Phi) is 9.28. The highest BCUT2D eigenvalue weighted by atomic mass is 16.2. The molecule has 0 fully saturated rings. The zero-order valence-electron chi connectivity index (χ0n) is 11.8. The van der Waals surface area contributed by atoms with Crippen LogP contribution in [0.3, 0.4) is 0 Å². The van der Waals surface area contributed by atoms with E-state index in [4.69, 9.17) is 5.73 Å². The molecule has 4 N–H and O–H groups in total. The van der Waals surface area contributed by atoms with Gasteiger partial charge in [0.1, 0.15) is 0 Å². The third-order valence-corrected chi connectivity index (χ3v) is 2.88. The van der Waals surface area contributed by atoms with Crippen LogP contribution in [0.4, 0.5) is 0 Å². The molecule has 1 unspecified atom stereocenters. The number of carbonyl (C=O) groups excluding carboxylic acids is 2. The van der Waals surface area contributed by atoms with Crippen molar-refractivity contribution in [3.05, 3.63) is 0 Å². The molecule has 0 aromatic rings. The standard InChI is InChI=1S/C13H27N3O2/c1-4-6-7-11(14)13(18)15-9-8-12(17)16-10(3)5-2/h10-11H,4-9,14H2,1-3H3,(H,15,18)(H,16,17)/t10?,11-/m0/s1. The zero-order valence-corrected chi connectivity index (χ0v) is 11.8. The van der Waals surface area contributed by atoms with Gasteiger partial charge in [0.25, 0.3) is 0 Å². The van der Waals surface area contributed by atoms with Crippen LogP contribution in [-0.2, 0) is 9.59 Å². The van der Waals surface area contributed by atoms with Gasteiger partial charge in [0.05, 0.1) is 6.04 Å². The first-order chi connectivity index (χ1) is 8.51. The molecule has 18 heavy (non-hydrogen) atoms. The van der Waals surface area contributed by atoms with Crippen LogP contribution in [0.5, 0.6) is 0 Å². The lowest BCUT2D eigenvalue weighted by Crippen LogP contribution is -2.42. The van der Waals surface area contributed by atoms with Crippen molar-refractivity contribution in [2.45, 2.75) is 65.0 Å². The highest BCUT2D eigenvalue weighted by Gasteiger charge is 2.12. The second kappa shape index (κ2) is 9.88. The summed E-state index contributed by atoms with van der Waals surface area (Å²) in [5, 5.41) is 5.53. The molecule has 0 heterocycles. The fourth-order valence-corrected chi connectivity index (χ4v) is 1.43. The van der Waals surface area contributed by atoms with Crippen molar-refractivity contribution in [1.29, 1.82) is 0 Å². The smallest absolute Gasteiger partial charge is 0.236 e. The third-order valence-electron chi connectivity index (χ3n) is 2.88. The molecular weight excluding hydrogens is 230 g/mol. The molecule has 0 rings (SSSR count). The van der Waals surface area contributed by atoms with Gasteiger partial charge in [0, 0.05) is 19.0 Å². The number of carbonyl (C=O) groups is 2. The predicted molar refractivity (Wildman–Crippen MR) is 73.0 cm³/mol. The van der Waals surface area contributed by atoms with E-state index in [2.05, 4.69) is 17.6 Å². The quantitative estimate of drug-likeness (QED) is 0.574. The number of hydrogen-bond donors (Lipinski definition) is 3. The van der Waals surface area contributed by atoms with Crippen molar-refractivity contribution in [2.75, 3.05) is 6.54 Å². The highest BCUT2D eigenvalue weighted by molar-refractivity contribution is 5.82. The maximum Gasteiger partial charge on any atom is 0.236 e. The Hall–Kier alpha value is -1.10.